The van der Waals surface area contributed by atoms with Gasteiger partial charge in [-0.2, -0.15) is 0 Å². The molecular formula is C11H16N2O2S. The number of anilines is 1. The molecule has 0 aliphatic carbocycles. The van der Waals surface area contributed by atoms with E-state index < -0.39 is 9.84 Å². The first-order chi connectivity index (χ1) is 7.44. The van der Waals surface area contributed by atoms with E-state index in [2.05, 4.69) is 4.90 Å². The van der Waals surface area contributed by atoms with Gasteiger partial charge in [-0.25, -0.2) is 8.42 Å². The number of hydrogen-bond acceptors (Lipinski definition) is 4. The third-order valence-corrected chi connectivity index (χ3v) is 3.72. The Morgan fingerprint density at radius 2 is 2.00 bits per heavy atom. The third kappa shape index (κ3) is 2.74. The molecule has 0 unspecified atom stereocenters. The number of fused-ring (bicyclic) bond motifs is 1. The summed E-state index contributed by atoms with van der Waals surface area (Å²) in [6, 6.07) is 5.87. The van der Waals surface area contributed by atoms with Crippen molar-refractivity contribution in [1.29, 1.82) is 0 Å². The Labute approximate surface area is 96.0 Å². The fraction of sp³-hybridized carbons (Fsp3) is 0.455. The van der Waals surface area contributed by atoms with Crippen molar-refractivity contribution in [3.05, 3.63) is 29.3 Å². The van der Waals surface area contributed by atoms with Crippen molar-refractivity contribution in [2.75, 3.05) is 24.3 Å². The Kier molecular flexibility index (Phi) is 2.90. The number of rotatable bonds is 3. The minimum absolute atomic E-state index is 0.219. The number of nitrogen functional groups attached to an aromatic ring is 1. The molecule has 0 saturated heterocycles. The van der Waals surface area contributed by atoms with Crippen LogP contribution in [-0.4, -0.2) is 31.9 Å². The van der Waals surface area contributed by atoms with Gasteiger partial charge in [0, 0.05) is 31.6 Å². The average molecular weight is 240 g/mol. The Bertz CT molecular complexity index is 497. The van der Waals surface area contributed by atoms with E-state index >= 15 is 0 Å². The standard InChI is InChI=1S/C11H16N2O2S/c1-16(14,15)5-4-13-7-9-2-3-11(12)6-10(9)8-13/h2-3,6H,4-5,7-8,12H2,1H3. The normalized spacial score (nSPS) is 16.3. The van der Waals surface area contributed by atoms with Crippen LogP contribution in [0.5, 0.6) is 0 Å². The molecule has 2 N–H and O–H groups in total. The van der Waals surface area contributed by atoms with Gasteiger partial charge in [-0.3, -0.25) is 4.90 Å². The van der Waals surface area contributed by atoms with Crippen LogP contribution in [0.1, 0.15) is 11.1 Å². The molecule has 0 fully saturated rings. The molecule has 0 amide bonds. The van der Waals surface area contributed by atoms with E-state index in [-0.39, 0.29) is 5.75 Å². The maximum atomic E-state index is 11.1. The van der Waals surface area contributed by atoms with Crippen molar-refractivity contribution in [2.24, 2.45) is 0 Å². The topological polar surface area (TPSA) is 63.4 Å². The fourth-order valence-corrected chi connectivity index (χ4v) is 2.53. The molecule has 1 aromatic carbocycles. The average Bonchev–Trinajstić information content (AvgIpc) is 2.55. The van der Waals surface area contributed by atoms with Crippen molar-refractivity contribution in [2.45, 2.75) is 13.1 Å². The SMILES string of the molecule is CS(=O)(=O)CCN1Cc2ccc(N)cc2C1. The van der Waals surface area contributed by atoms with E-state index in [0.29, 0.717) is 6.54 Å². The maximum Gasteiger partial charge on any atom is 0.148 e. The van der Waals surface area contributed by atoms with E-state index in [1.54, 1.807) is 0 Å². The molecule has 0 saturated carbocycles. The summed E-state index contributed by atoms with van der Waals surface area (Å²) >= 11 is 0. The zero-order valence-electron chi connectivity index (χ0n) is 9.31. The van der Waals surface area contributed by atoms with Gasteiger partial charge in [-0.05, 0) is 23.3 Å². The van der Waals surface area contributed by atoms with Crippen LogP contribution < -0.4 is 5.73 Å². The van der Waals surface area contributed by atoms with Crippen LogP contribution in [0.4, 0.5) is 5.69 Å². The number of nitrogens with two attached hydrogens (primary N) is 1. The second-order valence-corrected chi connectivity index (χ2v) is 6.63. The van der Waals surface area contributed by atoms with E-state index in [4.69, 9.17) is 5.73 Å². The van der Waals surface area contributed by atoms with Crippen molar-refractivity contribution in [3.63, 3.8) is 0 Å². The lowest BCUT2D eigenvalue weighted by molar-refractivity contribution is 0.301. The maximum absolute atomic E-state index is 11.1. The molecule has 1 aliphatic rings. The molecule has 1 heterocycles. The summed E-state index contributed by atoms with van der Waals surface area (Å²) in [7, 11) is -2.87. The van der Waals surface area contributed by atoms with E-state index in [1.165, 1.54) is 17.4 Å². The smallest absolute Gasteiger partial charge is 0.148 e. The summed E-state index contributed by atoms with van der Waals surface area (Å²) < 4.78 is 22.1. The largest absolute Gasteiger partial charge is 0.399 e. The second-order valence-electron chi connectivity index (χ2n) is 4.37. The van der Waals surface area contributed by atoms with Gasteiger partial charge < -0.3 is 5.73 Å². The van der Waals surface area contributed by atoms with Crippen LogP contribution in [0.2, 0.25) is 0 Å². The molecule has 5 heteroatoms. The highest BCUT2D eigenvalue weighted by Gasteiger charge is 2.19. The van der Waals surface area contributed by atoms with Crippen LogP contribution in [0, 0.1) is 0 Å². The first kappa shape index (κ1) is 11.4. The van der Waals surface area contributed by atoms with Gasteiger partial charge in [0.15, 0.2) is 0 Å². The van der Waals surface area contributed by atoms with Crippen LogP contribution >= 0.6 is 0 Å². The molecule has 1 aliphatic heterocycles. The molecule has 4 nitrogen and oxygen atoms in total. The summed E-state index contributed by atoms with van der Waals surface area (Å²) in [5, 5.41) is 0. The molecule has 0 aromatic heterocycles. The van der Waals surface area contributed by atoms with Gasteiger partial charge >= 0.3 is 0 Å². The minimum atomic E-state index is -2.87. The molecule has 0 radical (unpaired) electrons. The van der Waals surface area contributed by atoms with E-state index in [0.717, 1.165) is 18.8 Å². The molecular weight excluding hydrogens is 224 g/mol. The van der Waals surface area contributed by atoms with Gasteiger partial charge in [0.1, 0.15) is 9.84 Å². The molecule has 0 spiro atoms. The quantitative estimate of drug-likeness (QED) is 0.787. The van der Waals surface area contributed by atoms with E-state index in [1.807, 2.05) is 18.2 Å². The van der Waals surface area contributed by atoms with Crippen molar-refractivity contribution in [3.8, 4) is 0 Å². The molecule has 2 rings (SSSR count). The number of sulfone groups is 1. The lowest BCUT2D eigenvalue weighted by Crippen LogP contribution is -2.24. The zero-order valence-corrected chi connectivity index (χ0v) is 10.1. The van der Waals surface area contributed by atoms with Gasteiger partial charge in [0.25, 0.3) is 0 Å². The first-order valence-electron chi connectivity index (χ1n) is 5.21. The van der Waals surface area contributed by atoms with Gasteiger partial charge in [0.2, 0.25) is 0 Å². The molecule has 88 valence electrons. The summed E-state index contributed by atoms with van der Waals surface area (Å²) in [4.78, 5) is 2.13. The van der Waals surface area contributed by atoms with Gasteiger partial charge in [0.05, 0.1) is 5.75 Å². The highest BCUT2D eigenvalue weighted by Crippen LogP contribution is 2.24. The third-order valence-electron chi connectivity index (χ3n) is 2.80. The predicted octanol–water partition coefficient (Wildman–Crippen LogP) is 0.629. The lowest BCUT2D eigenvalue weighted by atomic mass is 10.1. The zero-order chi connectivity index (χ0) is 11.8. The van der Waals surface area contributed by atoms with Crippen LogP contribution in [0.3, 0.4) is 0 Å². The van der Waals surface area contributed by atoms with Crippen molar-refractivity contribution < 1.29 is 8.42 Å². The fourth-order valence-electron chi connectivity index (χ4n) is 1.94. The predicted molar refractivity (Wildman–Crippen MR) is 64.7 cm³/mol. The van der Waals surface area contributed by atoms with Gasteiger partial charge in [-0.15, -0.1) is 0 Å². The monoisotopic (exact) mass is 240 g/mol. The van der Waals surface area contributed by atoms with Crippen LogP contribution in [-0.2, 0) is 22.9 Å². The van der Waals surface area contributed by atoms with Gasteiger partial charge in [-0.1, -0.05) is 6.07 Å². The van der Waals surface area contributed by atoms with Crippen LogP contribution in [0.15, 0.2) is 18.2 Å². The highest BCUT2D eigenvalue weighted by atomic mass is 32.2. The number of nitrogens with zero attached hydrogens (tertiary/aromatic N) is 1. The summed E-state index contributed by atoms with van der Waals surface area (Å²) in [6.07, 6.45) is 1.27. The van der Waals surface area contributed by atoms with Crippen LogP contribution in [0.25, 0.3) is 0 Å². The second kappa shape index (κ2) is 4.07. The van der Waals surface area contributed by atoms with Crippen molar-refractivity contribution in [1.82, 2.24) is 4.90 Å². The Morgan fingerprint density at radius 3 is 2.69 bits per heavy atom. The molecule has 0 atom stereocenters. The summed E-state index contributed by atoms with van der Waals surface area (Å²) in [5.41, 5.74) is 8.94. The molecule has 0 bridgehead atoms. The minimum Gasteiger partial charge on any atom is -0.399 e. The molecule has 1 aromatic rings. The Balaban J connectivity index is 2.01. The Hall–Kier alpha value is -1.07. The Morgan fingerprint density at radius 1 is 1.31 bits per heavy atom. The van der Waals surface area contributed by atoms with Crippen molar-refractivity contribution >= 4 is 15.5 Å². The first-order valence-corrected chi connectivity index (χ1v) is 7.27. The van der Waals surface area contributed by atoms with E-state index in [9.17, 15) is 8.42 Å². The molecule has 16 heavy (non-hydrogen) atoms. The summed E-state index contributed by atoms with van der Waals surface area (Å²) in [6.45, 7) is 2.22. The summed E-state index contributed by atoms with van der Waals surface area (Å²) in [5.74, 6) is 0.219. The lowest BCUT2D eigenvalue weighted by Gasteiger charge is -2.13. The number of benzene rings is 1. The highest BCUT2D eigenvalue weighted by molar-refractivity contribution is 7.90. The number of hydrogen-bond donors (Lipinski definition) is 1.